The number of aryl methyl sites for hydroxylation is 1. The van der Waals surface area contributed by atoms with Crippen molar-refractivity contribution >= 4 is 6.08 Å². The highest BCUT2D eigenvalue weighted by Gasteiger charge is 2.00. The van der Waals surface area contributed by atoms with Gasteiger partial charge in [-0.2, -0.15) is 0 Å². The Kier molecular flexibility index (Phi) is 2.19. The molecule has 1 heterocycles. The van der Waals surface area contributed by atoms with Crippen molar-refractivity contribution < 1.29 is 0 Å². The van der Waals surface area contributed by atoms with E-state index in [4.69, 9.17) is 0 Å². The van der Waals surface area contributed by atoms with Crippen LogP contribution in [0.3, 0.4) is 0 Å². The van der Waals surface area contributed by atoms with Gasteiger partial charge in [-0.15, -0.1) is 0 Å². The lowest BCUT2D eigenvalue weighted by Crippen LogP contribution is -1.94. The first kappa shape index (κ1) is 8.75. The van der Waals surface area contributed by atoms with Gasteiger partial charge in [0.05, 0.1) is 12.0 Å². The Morgan fingerprint density at radius 1 is 1.43 bits per heavy atom. The standard InChI is InChI=1S/C12H12N2/c1-3-11-5-4-10(2)8-12(11)14-7-6-13-9-14/h3-9H,1H2,2H3. The lowest BCUT2D eigenvalue weighted by Gasteiger charge is -2.07. The SMILES string of the molecule is C=Cc1ccc(C)cc1-n1ccnc1. The first-order chi connectivity index (χ1) is 6.81. The predicted molar refractivity (Wildman–Crippen MR) is 58.4 cm³/mol. The summed E-state index contributed by atoms with van der Waals surface area (Å²) in [7, 11) is 0. The second-order valence-corrected chi connectivity index (χ2v) is 3.24. The number of rotatable bonds is 2. The third-order valence-corrected chi connectivity index (χ3v) is 2.19. The summed E-state index contributed by atoms with van der Waals surface area (Å²) in [5.74, 6) is 0. The van der Waals surface area contributed by atoms with Crippen LogP contribution in [-0.4, -0.2) is 9.55 Å². The molecule has 0 spiro atoms. The largest absolute Gasteiger partial charge is 0.306 e. The molecule has 0 aliphatic heterocycles. The van der Waals surface area contributed by atoms with Gasteiger partial charge in [-0.25, -0.2) is 4.98 Å². The summed E-state index contributed by atoms with van der Waals surface area (Å²) in [6.07, 6.45) is 7.35. The van der Waals surface area contributed by atoms with Crippen LogP contribution in [0.1, 0.15) is 11.1 Å². The molecule has 0 unspecified atom stereocenters. The Balaban J connectivity index is 2.61. The maximum atomic E-state index is 4.03. The van der Waals surface area contributed by atoms with Crippen molar-refractivity contribution in [2.75, 3.05) is 0 Å². The van der Waals surface area contributed by atoms with E-state index in [1.807, 2.05) is 16.8 Å². The summed E-state index contributed by atoms with van der Waals surface area (Å²) in [5.41, 5.74) is 3.48. The molecule has 0 bridgehead atoms. The highest BCUT2D eigenvalue weighted by atomic mass is 15.0. The molecule has 2 aromatic rings. The van der Waals surface area contributed by atoms with E-state index in [2.05, 4.69) is 36.7 Å². The monoisotopic (exact) mass is 184 g/mol. The molecule has 2 heteroatoms. The van der Waals surface area contributed by atoms with Gasteiger partial charge in [-0.1, -0.05) is 24.8 Å². The predicted octanol–water partition coefficient (Wildman–Crippen LogP) is 2.82. The van der Waals surface area contributed by atoms with E-state index < -0.39 is 0 Å². The molecule has 0 radical (unpaired) electrons. The lowest BCUT2D eigenvalue weighted by atomic mass is 10.1. The molecule has 1 aromatic heterocycles. The molecule has 0 N–H and O–H groups in total. The minimum absolute atomic E-state index is 1.12. The minimum Gasteiger partial charge on any atom is -0.306 e. The van der Waals surface area contributed by atoms with Crippen LogP contribution in [0.25, 0.3) is 11.8 Å². The average Bonchev–Trinajstić information content (AvgIpc) is 2.70. The molecular weight excluding hydrogens is 172 g/mol. The van der Waals surface area contributed by atoms with E-state index in [0.29, 0.717) is 0 Å². The summed E-state index contributed by atoms with van der Waals surface area (Å²) < 4.78 is 1.99. The molecular formula is C12H12N2. The highest BCUT2D eigenvalue weighted by Crippen LogP contribution is 2.17. The van der Waals surface area contributed by atoms with Gasteiger partial charge >= 0.3 is 0 Å². The van der Waals surface area contributed by atoms with Crippen molar-refractivity contribution in [3.63, 3.8) is 0 Å². The van der Waals surface area contributed by atoms with Crippen molar-refractivity contribution in [2.24, 2.45) is 0 Å². The van der Waals surface area contributed by atoms with Crippen LogP contribution in [0.2, 0.25) is 0 Å². The van der Waals surface area contributed by atoms with Crippen LogP contribution < -0.4 is 0 Å². The van der Waals surface area contributed by atoms with Gasteiger partial charge in [0, 0.05) is 12.4 Å². The van der Waals surface area contributed by atoms with Gasteiger partial charge in [0.2, 0.25) is 0 Å². The molecule has 0 fully saturated rings. The fourth-order valence-corrected chi connectivity index (χ4v) is 1.45. The Morgan fingerprint density at radius 3 is 2.93 bits per heavy atom. The maximum absolute atomic E-state index is 4.03. The Morgan fingerprint density at radius 2 is 2.29 bits per heavy atom. The first-order valence-corrected chi connectivity index (χ1v) is 4.52. The van der Waals surface area contributed by atoms with E-state index in [-0.39, 0.29) is 0 Å². The summed E-state index contributed by atoms with van der Waals surface area (Å²) in [4.78, 5) is 4.03. The molecule has 14 heavy (non-hydrogen) atoms. The van der Waals surface area contributed by atoms with E-state index in [9.17, 15) is 0 Å². The zero-order chi connectivity index (χ0) is 9.97. The first-order valence-electron chi connectivity index (χ1n) is 4.52. The minimum atomic E-state index is 1.12. The third kappa shape index (κ3) is 1.46. The molecule has 0 saturated heterocycles. The summed E-state index contributed by atoms with van der Waals surface area (Å²) in [6.45, 7) is 5.87. The zero-order valence-electron chi connectivity index (χ0n) is 8.14. The van der Waals surface area contributed by atoms with Gasteiger partial charge < -0.3 is 4.57 Å². The van der Waals surface area contributed by atoms with E-state index in [1.54, 1.807) is 12.5 Å². The van der Waals surface area contributed by atoms with Crippen LogP contribution in [0.4, 0.5) is 0 Å². The van der Waals surface area contributed by atoms with Crippen LogP contribution >= 0.6 is 0 Å². The Bertz CT molecular complexity index is 441. The highest BCUT2D eigenvalue weighted by molar-refractivity contribution is 5.60. The van der Waals surface area contributed by atoms with Crippen molar-refractivity contribution in [3.8, 4) is 5.69 Å². The fourth-order valence-electron chi connectivity index (χ4n) is 1.45. The fraction of sp³-hybridized carbons (Fsp3) is 0.0833. The van der Waals surface area contributed by atoms with E-state index in [0.717, 1.165) is 11.3 Å². The smallest absolute Gasteiger partial charge is 0.0991 e. The van der Waals surface area contributed by atoms with Crippen molar-refractivity contribution in [3.05, 3.63) is 54.6 Å². The number of hydrogen-bond donors (Lipinski definition) is 0. The van der Waals surface area contributed by atoms with Crippen LogP contribution in [0.5, 0.6) is 0 Å². The van der Waals surface area contributed by atoms with Crippen LogP contribution in [0.15, 0.2) is 43.5 Å². The number of nitrogens with zero attached hydrogens (tertiary/aromatic N) is 2. The summed E-state index contributed by atoms with van der Waals surface area (Å²) in [5, 5.41) is 0. The van der Waals surface area contributed by atoms with Gasteiger partial charge in [-0.3, -0.25) is 0 Å². The molecule has 1 aromatic carbocycles. The maximum Gasteiger partial charge on any atom is 0.0991 e. The molecule has 0 atom stereocenters. The molecule has 2 rings (SSSR count). The molecule has 2 nitrogen and oxygen atoms in total. The normalized spacial score (nSPS) is 10.1. The summed E-state index contributed by atoms with van der Waals surface area (Å²) in [6, 6.07) is 6.27. The second-order valence-electron chi connectivity index (χ2n) is 3.24. The van der Waals surface area contributed by atoms with Crippen LogP contribution in [-0.2, 0) is 0 Å². The quantitative estimate of drug-likeness (QED) is 0.701. The molecule has 0 aliphatic rings. The van der Waals surface area contributed by atoms with Crippen molar-refractivity contribution in [1.29, 1.82) is 0 Å². The summed E-state index contributed by atoms with van der Waals surface area (Å²) >= 11 is 0. The number of imidazole rings is 1. The Labute approximate surface area is 83.5 Å². The van der Waals surface area contributed by atoms with Crippen molar-refractivity contribution in [1.82, 2.24) is 9.55 Å². The number of aromatic nitrogens is 2. The molecule has 70 valence electrons. The van der Waals surface area contributed by atoms with Gasteiger partial charge in [0.25, 0.3) is 0 Å². The van der Waals surface area contributed by atoms with Gasteiger partial charge in [0.1, 0.15) is 0 Å². The number of benzene rings is 1. The molecule has 0 saturated carbocycles. The van der Waals surface area contributed by atoms with E-state index >= 15 is 0 Å². The second kappa shape index (κ2) is 3.50. The Hall–Kier alpha value is -1.83. The van der Waals surface area contributed by atoms with Crippen molar-refractivity contribution in [2.45, 2.75) is 6.92 Å². The molecule has 0 aliphatic carbocycles. The third-order valence-electron chi connectivity index (χ3n) is 2.19. The van der Waals surface area contributed by atoms with Gasteiger partial charge in [0.15, 0.2) is 0 Å². The average molecular weight is 184 g/mol. The lowest BCUT2D eigenvalue weighted by molar-refractivity contribution is 1.05. The van der Waals surface area contributed by atoms with Crippen LogP contribution in [0, 0.1) is 6.92 Å². The van der Waals surface area contributed by atoms with Gasteiger partial charge in [-0.05, 0) is 24.1 Å². The topological polar surface area (TPSA) is 17.8 Å². The zero-order valence-corrected chi connectivity index (χ0v) is 8.14. The molecule has 0 amide bonds. The number of hydrogen-bond acceptors (Lipinski definition) is 1. The van der Waals surface area contributed by atoms with E-state index in [1.165, 1.54) is 5.56 Å².